The van der Waals surface area contributed by atoms with Crippen molar-refractivity contribution in [1.82, 2.24) is 0 Å². The zero-order valence-electron chi connectivity index (χ0n) is 11.7. The predicted molar refractivity (Wildman–Crippen MR) is 84.9 cm³/mol. The lowest BCUT2D eigenvalue weighted by Crippen LogP contribution is -2.13. The minimum absolute atomic E-state index is 0.142. The third-order valence-corrected chi connectivity index (χ3v) is 3.39. The van der Waals surface area contributed by atoms with Crippen molar-refractivity contribution in [2.45, 2.75) is 0 Å². The molecule has 0 aliphatic rings. The zero-order chi connectivity index (χ0) is 14.7. The van der Waals surface area contributed by atoms with Crippen LogP contribution in [0.15, 0.2) is 66.7 Å². The molecule has 3 heteroatoms. The molecule has 0 saturated carbocycles. The summed E-state index contributed by atoms with van der Waals surface area (Å²) in [6.45, 7) is 0. The van der Waals surface area contributed by atoms with Gasteiger partial charge in [-0.2, -0.15) is 0 Å². The molecule has 0 saturated heterocycles. The van der Waals surface area contributed by atoms with Crippen LogP contribution in [0.3, 0.4) is 0 Å². The van der Waals surface area contributed by atoms with Gasteiger partial charge in [0.2, 0.25) is 0 Å². The third-order valence-electron chi connectivity index (χ3n) is 3.39. The van der Waals surface area contributed by atoms with Gasteiger partial charge >= 0.3 is 0 Å². The van der Waals surface area contributed by atoms with E-state index in [2.05, 4.69) is 5.32 Å². The first-order valence-electron chi connectivity index (χ1n) is 6.72. The van der Waals surface area contributed by atoms with Crippen LogP contribution in [0.4, 0.5) is 5.69 Å². The summed E-state index contributed by atoms with van der Waals surface area (Å²) in [5, 5.41) is 4.89. The van der Waals surface area contributed by atoms with Crippen molar-refractivity contribution in [1.29, 1.82) is 0 Å². The molecule has 0 aliphatic carbocycles. The Morgan fingerprint density at radius 1 is 0.905 bits per heavy atom. The summed E-state index contributed by atoms with van der Waals surface area (Å²) in [5.41, 5.74) is 1.32. The van der Waals surface area contributed by atoms with Gasteiger partial charge in [0, 0.05) is 5.56 Å². The maximum absolute atomic E-state index is 12.5. The largest absolute Gasteiger partial charge is 0.495 e. The number of rotatable bonds is 3. The molecule has 0 spiro atoms. The molecular weight excluding hydrogens is 262 g/mol. The Bertz CT molecular complexity index is 791. The van der Waals surface area contributed by atoms with E-state index < -0.39 is 0 Å². The molecule has 3 aromatic carbocycles. The summed E-state index contributed by atoms with van der Waals surface area (Å²) in [6.07, 6.45) is 0. The Morgan fingerprint density at radius 3 is 2.48 bits per heavy atom. The maximum atomic E-state index is 12.5. The van der Waals surface area contributed by atoms with Crippen molar-refractivity contribution in [3.63, 3.8) is 0 Å². The van der Waals surface area contributed by atoms with E-state index in [4.69, 9.17) is 4.74 Å². The van der Waals surface area contributed by atoms with Gasteiger partial charge in [0.15, 0.2) is 0 Å². The Hall–Kier alpha value is -2.81. The molecule has 0 atom stereocenters. The number of fused-ring (bicyclic) bond motifs is 1. The number of hydrogen-bond acceptors (Lipinski definition) is 2. The van der Waals surface area contributed by atoms with Gasteiger partial charge in [0.05, 0.1) is 12.8 Å². The Labute approximate surface area is 123 Å². The smallest absolute Gasteiger partial charge is 0.256 e. The molecule has 3 rings (SSSR count). The summed E-state index contributed by atoms with van der Waals surface area (Å²) >= 11 is 0. The number of para-hydroxylation sites is 2. The molecule has 0 aliphatic heterocycles. The Morgan fingerprint density at radius 2 is 1.62 bits per heavy atom. The van der Waals surface area contributed by atoms with E-state index in [1.807, 2.05) is 66.7 Å². The topological polar surface area (TPSA) is 38.3 Å². The number of carbonyl (C=O) groups excluding carboxylic acids is 1. The summed E-state index contributed by atoms with van der Waals surface area (Å²) in [6, 6.07) is 20.9. The van der Waals surface area contributed by atoms with Gasteiger partial charge in [-0.15, -0.1) is 0 Å². The predicted octanol–water partition coefficient (Wildman–Crippen LogP) is 4.10. The van der Waals surface area contributed by atoms with Crippen molar-refractivity contribution in [2.75, 3.05) is 12.4 Å². The van der Waals surface area contributed by atoms with E-state index in [-0.39, 0.29) is 5.91 Å². The molecular formula is C18H15NO2. The molecule has 0 aromatic heterocycles. The van der Waals surface area contributed by atoms with Crippen molar-refractivity contribution in [3.8, 4) is 5.75 Å². The lowest BCUT2D eigenvalue weighted by atomic mass is 10.0. The molecule has 0 heterocycles. The van der Waals surface area contributed by atoms with E-state index in [0.717, 1.165) is 10.8 Å². The van der Waals surface area contributed by atoms with Gasteiger partial charge in [-0.3, -0.25) is 4.79 Å². The first-order valence-corrected chi connectivity index (χ1v) is 6.72. The quantitative estimate of drug-likeness (QED) is 0.782. The van der Waals surface area contributed by atoms with Crippen LogP contribution in [0.1, 0.15) is 10.4 Å². The van der Waals surface area contributed by atoms with Gasteiger partial charge in [-0.05, 0) is 29.0 Å². The third kappa shape index (κ3) is 2.58. The van der Waals surface area contributed by atoms with Crippen LogP contribution < -0.4 is 10.1 Å². The zero-order valence-corrected chi connectivity index (χ0v) is 11.7. The van der Waals surface area contributed by atoms with Gasteiger partial charge in [-0.25, -0.2) is 0 Å². The van der Waals surface area contributed by atoms with E-state index in [0.29, 0.717) is 17.0 Å². The van der Waals surface area contributed by atoms with Crippen molar-refractivity contribution < 1.29 is 9.53 Å². The highest BCUT2D eigenvalue weighted by molar-refractivity contribution is 6.13. The number of carbonyl (C=O) groups is 1. The number of methoxy groups -OCH3 is 1. The van der Waals surface area contributed by atoms with E-state index in [1.54, 1.807) is 7.11 Å². The molecule has 0 fully saturated rings. The molecule has 3 nitrogen and oxygen atoms in total. The molecule has 104 valence electrons. The lowest BCUT2D eigenvalue weighted by Gasteiger charge is -2.11. The molecule has 3 aromatic rings. The highest BCUT2D eigenvalue weighted by atomic mass is 16.5. The standard InChI is InChI=1S/C18H15NO2/c1-21-17-12-5-4-11-16(17)19-18(20)15-10-6-8-13-7-2-3-9-14(13)15/h2-12H,1H3,(H,19,20). The average molecular weight is 277 g/mol. The minimum atomic E-state index is -0.142. The van der Waals surface area contributed by atoms with Crippen molar-refractivity contribution in [2.24, 2.45) is 0 Å². The summed E-state index contributed by atoms with van der Waals surface area (Å²) in [5.74, 6) is 0.502. The summed E-state index contributed by atoms with van der Waals surface area (Å²) in [4.78, 5) is 12.5. The molecule has 0 unspecified atom stereocenters. The minimum Gasteiger partial charge on any atom is -0.495 e. The molecule has 1 N–H and O–H groups in total. The van der Waals surface area contributed by atoms with Gasteiger partial charge in [0.25, 0.3) is 5.91 Å². The first kappa shape index (κ1) is 13.2. The normalized spacial score (nSPS) is 10.3. The van der Waals surface area contributed by atoms with Crippen LogP contribution in [0, 0.1) is 0 Å². The number of anilines is 1. The highest BCUT2D eigenvalue weighted by Gasteiger charge is 2.11. The van der Waals surface area contributed by atoms with Crippen LogP contribution in [-0.2, 0) is 0 Å². The Kier molecular flexibility index (Phi) is 3.56. The number of ether oxygens (including phenoxy) is 1. The maximum Gasteiger partial charge on any atom is 0.256 e. The number of nitrogens with one attached hydrogen (secondary N) is 1. The number of amides is 1. The van der Waals surface area contributed by atoms with Crippen LogP contribution in [0.5, 0.6) is 5.75 Å². The monoisotopic (exact) mass is 277 g/mol. The summed E-state index contributed by atoms with van der Waals surface area (Å²) < 4.78 is 5.25. The highest BCUT2D eigenvalue weighted by Crippen LogP contribution is 2.25. The van der Waals surface area contributed by atoms with Crippen LogP contribution in [-0.4, -0.2) is 13.0 Å². The second kappa shape index (κ2) is 5.67. The number of benzene rings is 3. The Balaban J connectivity index is 1.98. The SMILES string of the molecule is COc1ccccc1NC(=O)c1cccc2ccccc12. The molecule has 0 radical (unpaired) electrons. The second-order valence-electron chi connectivity index (χ2n) is 4.68. The van der Waals surface area contributed by atoms with Crippen molar-refractivity contribution in [3.05, 3.63) is 72.3 Å². The lowest BCUT2D eigenvalue weighted by molar-refractivity contribution is 0.102. The molecule has 0 bridgehead atoms. The van der Waals surface area contributed by atoms with Gasteiger partial charge < -0.3 is 10.1 Å². The van der Waals surface area contributed by atoms with E-state index in [9.17, 15) is 4.79 Å². The fourth-order valence-corrected chi connectivity index (χ4v) is 2.36. The first-order chi connectivity index (χ1) is 10.3. The van der Waals surface area contributed by atoms with Crippen molar-refractivity contribution >= 4 is 22.4 Å². The molecule has 21 heavy (non-hydrogen) atoms. The van der Waals surface area contributed by atoms with Gasteiger partial charge in [0.1, 0.15) is 5.75 Å². The van der Waals surface area contributed by atoms with E-state index >= 15 is 0 Å². The van der Waals surface area contributed by atoms with E-state index in [1.165, 1.54) is 0 Å². The van der Waals surface area contributed by atoms with Crippen LogP contribution in [0.2, 0.25) is 0 Å². The van der Waals surface area contributed by atoms with Crippen LogP contribution >= 0.6 is 0 Å². The number of hydrogen-bond donors (Lipinski definition) is 1. The molecule has 1 amide bonds. The fraction of sp³-hybridized carbons (Fsp3) is 0.0556. The average Bonchev–Trinajstić information content (AvgIpc) is 2.54. The second-order valence-corrected chi connectivity index (χ2v) is 4.68. The fourth-order valence-electron chi connectivity index (χ4n) is 2.36. The van der Waals surface area contributed by atoms with Crippen LogP contribution in [0.25, 0.3) is 10.8 Å². The van der Waals surface area contributed by atoms with Gasteiger partial charge in [-0.1, -0.05) is 48.5 Å². The summed E-state index contributed by atoms with van der Waals surface area (Å²) in [7, 11) is 1.59.